The van der Waals surface area contributed by atoms with E-state index in [0.29, 0.717) is 0 Å². The van der Waals surface area contributed by atoms with Crippen molar-refractivity contribution in [2.75, 3.05) is 12.5 Å². The minimum atomic E-state index is 0.728. The predicted molar refractivity (Wildman–Crippen MR) is 61.9 cm³/mol. The van der Waals surface area contributed by atoms with Crippen LogP contribution in [0.15, 0.2) is 24.4 Å². The Labute approximate surface area is 90.8 Å². The summed E-state index contributed by atoms with van der Waals surface area (Å²) in [6.45, 7) is 0. The maximum absolute atomic E-state index is 6.17. The largest absolute Gasteiger partial charge is 0.328 e. The molecular weight excluding hydrogens is 212 g/mol. The highest BCUT2D eigenvalue weighted by molar-refractivity contribution is 6.36. The number of hydrogen-bond acceptors (Lipinski definition) is 2. The van der Waals surface area contributed by atoms with Crippen molar-refractivity contribution in [2.24, 2.45) is 0 Å². The zero-order valence-electron chi connectivity index (χ0n) is 8.08. The Balaban J connectivity index is 2.64. The molecule has 0 fully saturated rings. The highest BCUT2D eigenvalue weighted by atomic mass is 35.5. The Morgan fingerprint density at radius 2 is 2.33 bits per heavy atom. The van der Waals surface area contributed by atoms with Gasteiger partial charge in [0.1, 0.15) is 5.52 Å². The molecule has 0 atom stereocenters. The summed E-state index contributed by atoms with van der Waals surface area (Å²) < 4.78 is 1.93. The normalized spacial score (nSPS) is 11.3. The number of H-pyrrole nitrogens is 1. The van der Waals surface area contributed by atoms with Gasteiger partial charge < -0.3 is 5.43 Å². The van der Waals surface area contributed by atoms with Gasteiger partial charge >= 0.3 is 0 Å². The van der Waals surface area contributed by atoms with E-state index in [9.17, 15) is 0 Å². The van der Waals surface area contributed by atoms with Gasteiger partial charge in [0.05, 0.1) is 22.3 Å². The number of benzene rings is 1. The van der Waals surface area contributed by atoms with Gasteiger partial charge in [0, 0.05) is 12.4 Å². The van der Waals surface area contributed by atoms with Crippen LogP contribution in [0.3, 0.4) is 0 Å². The highest BCUT2D eigenvalue weighted by Gasteiger charge is 2.13. The molecule has 4 nitrogen and oxygen atoms in total. The van der Waals surface area contributed by atoms with E-state index in [1.807, 2.05) is 29.9 Å². The van der Waals surface area contributed by atoms with Crippen molar-refractivity contribution in [3.63, 3.8) is 0 Å². The van der Waals surface area contributed by atoms with E-state index in [4.69, 9.17) is 11.6 Å². The third kappa shape index (κ3) is 0.995. The average molecular weight is 221 g/mol. The van der Waals surface area contributed by atoms with Crippen LogP contribution in [-0.2, 0) is 0 Å². The molecule has 0 amide bonds. The second kappa shape index (κ2) is 2.90. The molecule has 0 aliphatic heterocycles. The molecule has 0 saturated carbocycles. The molecule has 0 unspecified atom stereocenters. The summed E-state index contributed by atoms with van der Waals surface area (Å²) >= 11 is 6.17. The second-order valence-electron chi connectivity index (χ2n) is 3.33. The standard InChI is InChI=1S/C10H9ClN4/c1-12-15-8-5-13-14-9(8)6-3-2-4-7(11)10(6)15/h2-5,12H,1H3,(H,13,14). The first-order valence-corrected chi connectivity index (χ1v) is 5.00. The summed E-state index contributed by atoms with van der Waals surface area (Å²) in [5, 5.41) is 8.80. The molecule has 76 valence electrons. The molecule has 15 heavy (non-hydrogen) atoms. The van der Waals surface area contributed by atoms with Gasteiger partial charge in [-0.15, -0.1) is 0 Å². The average Bonchev–Trinajstić information content (AvgIpc) is 2.78. The summed E-state index contributed by atoms with van der Waals surface area (Å²) in [7, 11) is 1.86. The third-order valence-electron chi connectivity index (χ3n) is 2.56. The lowest BCUT2D eigenvalue weighted by atomic mass is 10.2. The summed E-state index contributed by atoms with van der Waals surface area (Å²) in [6, 6.07) is 5.84. The SMILES string of the molecule is CNn1c2cn[nH]c2c2cccc(Cl)c21. The monoisotopic (exact) mass is 220 g/mol. The maximum atomic E-state index is 6.17. The summed E-state index contributed by atoms with van der Waals surface area (Å²) in [4.78, 5) is 0. The summed E-state index contributed by atoms with van der Waals surface area (Å²) in [5.74, 6) is 0. The van der Waals surface area contributed by atoms with Crippen LogP contribution in [0.1, 0.15) is 0 Å². The van der Waals surface area contributed by atoms with Crippen molar-refractivity contribution in [2.45, 2.75) is 0 Å². The van der Waals surface area contributed by atoms with Crippen LogP contribution in [-0.4, -0.2) is 21.9 Å². The number of para-hydroxylation sites is 1. The molecule has 0 saturated heterocycles. The molecule has 0 aliphatic rings. The second-order valence-corrected chi connectivity index (χ2v) is 3.73. The van der Waals surface area contributed by atoms with Gasteiger partial charge in [0.25, 0.3) is 0 Å². The Kier molecular flexibility index (Phi) is 1.67. The number of rotatable bonds is 1. The third-order valence-corrected chi connectivity index (χ3v) is 2.87. The van der Waals surface area contributed by atoms with Crippen LogP contribution in [0.5, 0.6) is 0 Å². The molecule has 1 aromatic carbocycles. The minimum Gasteiger partial charge on any atom is -0.328 e. The Morgan fingerprint density at radius 1 is 1.47 bits per heavy atom. The molecule has 0 spiro atoms. The molecule has 5 heteroatoms. The van der Waals surface area contributed by atoms with Crippen LogP contribution in [0.25, 0.3) is 21.9 Å². The van der Waals surface area contributed by atoms with Crippen molar-refractivity contribution >= 4 is 33.5 Å². The van der Waals surface area contributed by atoms with Gasteiger partial charge in [0.2, 0.25) is 0 Å². The van der Waals surface area contributed by atoms with E-state index < -0.39 is 0 Å². The van der Waals surface area contributed by atoms with Crippen molar-refractivity contribution in [3.8, 4) is 0 Å². The van der Waals surface area contributed by atoms with Gasteiger partial charge in [-0.05, 0) is 6.07 Å². The maximum Gasteiger partial charge on any atom is 0.108 e. The van der Waals surface area contributed by atoms with Gasteiger partial charge in [0.15, 0.2) is 0 Å². The number of aromatic amines is 1. The first kappa shape index (κ1) is 8.61. The van der Waals surface area contributed by atoms with E-state index in [0.717, 1.165) is 27.0 Å². The minimum absolute atomic E-state index is 0.728. The van der Waals surface area contributed by atoms with Crippen molar-refractivity contribution in [1.29, 1.82) is 0 Å². The number of nitrogens with zero attached hydrogens (tertiary/aromatic N) is 2. The molecule has 0 aliphatic carbocycles. The first-order valence-electron chi connectivity index (χ1n) is 4.62. The van der Waals surface area contributed by atoms with Gasteiger partial charge in [-0.2, -0.15) is 5.10 Å². The highest BCUT2D eigenvalue weighted by Crippen LogP contribution is 2.30. The molecule has 0 bridgehead atoms. The number of halogens is 1. The molecule has 3 rings (SSSR count). The van der Waals surface area contributed by atoms with Gasteiger partial charge in [-0.3, -0.25) is 9.77 Å². The lowest BCUT2D eigenvalue weighted by molar-refractivity contribution is 1.02. The molecule has 2 N–H and O–H groups in total. The Bertz CT molecular complexity index is 637. The summed E-state index contributed by atoms with van der Waals surface area (Å²) in [5.41, 5.74) is 6.07. The molecule has 2 heterocycles. The van der Waals surface area contributed by atoms with Crippen molar-refractivity contribution in [3.05, 3.63) is 29.4 Å². The number of nitrogens with one attached hydrogen (secondary N) is 2. The van der Waals surface area contributed by atoms with Gasteiger partial charge in [-0.25, -0.2) is 0 Å². The van der Waals surface area contributed by atoms with Crippen molar-refractivity contribution in [1.82, 2.24) is 14.9 Å². The smallest absolute Gasteiger partial charge is 0.108 e. The number of hydrogen-bond donors (Lipinski definition) is 2. The zero-order chi connectivity index (χ0) is 10.4. The van der Waals surface area contributed by atoms with E-state index in [1.165, 1.54) is 0 Å². The van der Waals surface area contributed by atoms with Crippen LogP contribution < -0.4 is 5.43 Å². The van der Waals surface area contributed by atoms with Crippen LogP contribution in [0.4, 0.5) is 0 Å². The Morgan fingerprint density at radius 3 is 3.13 bits per heavy atom. The van der Waals surface area contributed by atoms with E-state index >= 15 is 0 Å². The van der Waals surface area contributed by atoms with Crippen molar-refractivity contribution < 1.29 is 0 Å². The van der Waals surface area contributed by atoms with E-state index in [1.54, 1.807) is 6.20 Å². The number of fused-ring (bicyclic) bond motifs is 3. The van der Waals surface area contributed by atoms with Crippen LogP contribution in [0.2, 0.25) is 5.02 Å². The fourth-order valence-corrected chi connectivity index (χ4v) is 2.20. The molecule has 3 aromatic rings. The lowest BCUT2D eigenvalue weighted by Crippen LogP contribution is -2.07. The lowest BCUT2D eigenvalue weighted by Gasteiger charge is -2.04. The predicted octanol–water partition coefficient (Wildman–Crippen LogP) is 2.34. The quantitative estimate of drug-likeness (QED) is 0.661. The fraction of sp³-hybridized carbons (Fsp3) is 0.100. The molecule has 0 radical (unpaired) electrons. The summed E-state index contributed by atoms with van der Waals surface area (Å²) in [6.07, 6.45) is 1.78. The van der Waals surface area contributed by atoms with Gasteiger partial charge in [-0.1, -0.05) is 23.7 Å². The van der Waals surface area contributed by atoms with E-state index in [-0.39, 0.29) is 0 Å². The molecular formula is C10H9ClN4. The Hall–Kier alpha value is -1.68. The van der Waals surface area contributed by atoms with Crippen LogP contribution >= 0.6 is 11.6 Å². The first-order chi connectivity index (χ1) is 7.33. The van der Waals surface area contributed by atoms with E-state index in [2.05, 4.69) is 15.6 Å². The fourth-order valence-electron chi connectivity index (χ4n) is 1.94. The molecule has 2 aromatic heterocycles. The zero-order valence-corrected chi connectivity index (χ0v) is 8.84. The number of aromatic nitrogens is 3. The topological polar surface area (TPSA) is 45.6 Å². The van der Waals surface area contributed by atoms with Crippen LogP contribution in [0, 0.1) is 0 Å².